The van der Waals surface area contributed by atoms with Crippen LogP contribution in [0.1, 0.15) is 46.3 Å². The number of ether oxygens (including phenoxy) is 1. The molecular weight excluding hydrogens is 334 g/mol. The Labute approximate surface area is 150 Å². The van der Waals surface area contributed by atoms with E-state index in [1.807, 2.05) is 12.1 Å². The second-order valence-electron chi connectivity index (χ2n) is 7.07. The molecule has 1 fully saturated rings. The van der Waals surface area contributed by atoms with E-state index >= 15 is 0 Å². The Bertz CT molecular complexity index is 897. The summed E-state index contributed by atoms with van der Waals surface area (Å²) in [5.74, 6) is 1.01. The van der Waals surface area contributed by atoms with Gasteiger partial charge in [0.2, 0.25) is 0 Å². The fourth-order valence-corrected chi connectivity index (χ4v) is 3.70. The first-order valence-corrected chi connectivity index (χ1v) is 8.86. The standard InChI is InChI=1S/C20H21NO5/c1-11-6-15(22)10-18(26-11)20(24)21-19(14-8-16(23)9-14)13-2-3-17-12(7-13)4-5-25-17/h2-3,6-7,10,14,16,19,23H,4-5,8-9H2,1H3,(H,21,24)/t14?,16?,19-/m0/s1. The van der Waals surface area contributed by atoms with Gasteiger partial charge in [-0.15, -0.1) is 0 Å². The molecule has 1 aromatic carbocycles. The molecule has 0 radical (unpaired) electrons. The van der Waals surface area contributed by atoms with Gasteiger partial charge in [-0.3, -0.25) is 9.59 Å². The van der Waals surface area contributed by atoms with Gasteiger partial charge < -0.3 is 19.6 Å². The van der Waals surface area contributed by atoms with Crippen LogP contribution in [-0.2, 0) is 6.42 Å². The molecule has 26 heavy (non-hydrogen) atoms. The van der Waals surface area contributed by atoms with Crippen LogP contribution in [0.25, 0.3) is 0 Å². The maximum Gasteiger partial charge on any atom is 0.287 e. The summed E-state index contributed by atoms with van der Waals surface area (Å²) in [5, 5.41) is 12.7. The third-order valence-corrected chi connectivity index (χ3v) is 5.09. The SMILES string of the molecule is Cc1cc(=O)cc(C(=O)N[C@@H](c2ccc3c(c2)CCO3)C2CC(O)C2)o1. The number of aliphatic hydroxyl groups excluding tert-OH is 1. The van der Waals surface area contributed by atoms with Gasteiger partial charge in [0, 0.05) is 18.6 Å². The van der Waals surface area contributed by atoms with Gasteiger partial charge in [0.1, 0.15) is 11.5 Å². The van der Waals surface area contributed by atoms with E-state index in [9.17, 15) is 14.7 Å². The zero-order chi connectivity index (χ0) is 18.3. The van der Waals surface area contributed by atoms with Gasteiger partial charge in [0.25, 0.3) is 5.91 Å². The van der Waals surface area contributed by atoms with Crippen molar-refractivity contribution in [1.29, 1.82) is 0 Å². The monoisotopic (exact) mass is 355 g/mol. The van der Waals surface area contributed by atoms with Gasteiger partial charge in [-0.2, -0.15) is 0 Å². The van der Waals surface area contributed by atoms with Crippen molar-refractivity contribution in [2.24, 2.45) is 5.92 Å². The highest BCUT2D eigenvalue weighted by molar-refractivity contribution is 5.91. The van der Waals surface area contributed by atoms with E-state index in [1.165, 1.54) is 12.1 Å². The van der Waals surface area contributed by atoms with Crippen LogP contribution in [0.15, 0.2) is 39.5 Å². The molecule has 0 unspecified atom stereocenters. The third-order valence-electron chi connectivity index (χ3n) is 5.09. The number of carbonyl (C=O) groups excluding carboxylic acids is 1. The zero-order valence-corrected chi connectivity index (χ0v) is 14.5. The molecule has 1 aliphatic heterocycles. The van der Waals surface area contributed by atoms with Crippen LogP contribution in [0.2, 0.25) is 0 Å². The molecule has 1 saturated carbocycles. The molecule has 0 spiro atoms. The average molecular weight is 355 g/mol. The van der Waals surface area contributed by atoms with E-state index < -0.39 is 5.91 Å². The minimum atomic E-state index is -0.422. The summed E-state index contributed by atoms with van der Waals surface area (Å²) < 4.78 is 11.0. The molecule has 4 rings (SSSR count). The minimum Gasteiger partial charge on any atom is -0.493 e. The topological polar surface area (TPSA) is 88.8 Å². The Hall–Kier alpha value is -2.60. The van der Waals surface area contributed by atoms with Crippen molar-refractivity contribution in [3.8, 4) is 5.75 Å². The molecule has 6 nitrogen and oxygen atoms in total. The first kappa shape index (κ1) is 16.8. The van der Waals surface area contributed by atoms with Crippen LogP contribution >= 0.6 is 0 Å². The number of benzene rings is 1. The Morgan fingerprint density at radius 2 is 2.08 bits per heavy atom. The molecule has 1 aromatic heterocycles. The molecule has 1 amide bonds. The van der Waals surface area contributed by atoms with Crippen molar-refractivity contribution < 1.29 is 19.1 Å². The summed E-state index contributed by atoms with van der Waals surface area (Å²) in [5.41, 5.74) is 1.85. The van der Waals surface area contributed by atoms with Gasteiger partial charge in [0.05, 0.1) is 18.8 Å². The highest BCUT2D eigenvalue weighted by Crippen LogP contribution is 2.39. The normalized spacial score (nSPS) is 22.1. The summed E-state index contributed by atoms with van der Waals surface area (Å²) in [4.78, 5) is 24.3. The van der Waals surface area contributed by atoms with Gasteiger partial charge in [-0.05, 0) is 48.9 Å². The molecule has 136 valence electrons. The van der Waals surface area contributed by atoms with E-state index in [0.29, 0.717) is 25.2 Å². The number of hydrogen-bond donors (Lipinski definition) is 2. The van der Waals surface area contributed by atoms with Crippen molar-refractivity contribution in [2.75, 3.05) is 6.61 Å². The van der Waals surface area contributed by atoms with Gasteiger partial charge in [-0.25, -0.2) is 0 Å². The molecule has 1 aliphatic carbocycles. The van der Waals surface area contributed by atoms with Gasteiger partial charge in [0.15, 0.2) is 11.2 Å². The first-order chi connectivity index (χ1) is 12.5. The fourth-order valence-electron chi connectivity index (χ4n) is 3.70. The van der Waals surface area contributed by atoms with Crippen LogP contribution < -0.4 is 15.5 Å². The van der Waals surface area contributed by atoms with Crippen molar-refractivity contribution in [3.05, 3.63) is 63.2 Å². The molecular formula is C20H21NO5. The zero-order valence-electron chi connectivity index (χ0n) is 14.5. The molecule has 6 heteroatoms. The number of amides is 1. The highest BCUT2D eigenvalue weighted by Gasteiger charge is 2.36. The lowest BCUT2D eigenvalue weighted by Crippen LogP contribution is -2.41. The summed E-state index contributed by atoms with van der Waals surface area (Å²) >= 11 is 0. The van der Waals surface area contributed by atoms with Crippen molar-refractivity contribution >= 4 is 5.91 Å². The van der Waals surface area contributed by atoms with Gasteiger partial charge >= 0.3 is 0 Å². The van der Waals surface area contributed by atoms with E-state index in [2.05, 4.69) is 11.4 Å². The molecule has 2 aliphatic rings. The molecule has 2 N–H and O–H groups in total. The molecule has 2 heterocycles. The maximum atomic E-state index is 12.7. The second-order valence-corrected chi connectivity index (χ2v) is 7.07. The molecule has 2 aromatic rings. The minimum absolute atomic E-state index is 0.00404. The number of aliphatic hydroxyl groups is 1. The molecule has 0 bridgehead atoms. The highest BCUT2D eigenvalue weighted by atomic mass is 16.5. The summed E-state index contributed by atoms with van der Waals surface area (Å²) in [6.45, 7) is 2.31. The largest absolute Gasteiger partial charge is 0.493 e. The lowest BCUT2D eigenvalue weighted by Gasteiger charge is -2.38. The summed E-state index contributed by atoms with van der Waals surface area (Å²) in [6, 6.07) is 8.24. The van der Waals surface area contributed by atoms with E-state index in [0.717, 1.165) is 23.3 Å². The number of nitrogens with one attached hydrogen (secondary N) is 1. The van der Waals surface area contributed by atoms with E-state index in [4.69, 9.17) is 9.15 Å². The predicted octanol–water partition coefficient (Wildman–Crippen LogP) is 2.13. The Morgan fingerprint density at radius 3 is 2.81 bits per heavy atom. The lowest BCUT2D eigenvalue weighted by atomic mass is 9.75. The van der Waals surface area contributed by atoms with Crippen LogP contribution in [0.3, 0.4) is 0 Å². The maximum absolute atomic E-state index is 12.7. The number of carbonyl (C=O) groups is 1. The van der Waals surface area contributed by atoms with E-state index in [1.54, 1.807) is 6.92 Å². The molecule has 0 saturated heterocycles. The number of aryl methyl sites for hydroxylation is 1. The average Bonchev–Trinajstić information content (AvgIpc) is 3.03. The Kier molecular flexibility index (Phi) is 4.28. The van der Waals surface area contributed by atoms with E-state index in [-0.39, 0.29) is 29.3 Å². The Morgan fingerprint density at radius 1 is 1.27 bits per heavy atom. The number of rotatable bonds is 4. The fraction of sp³-hybridized carbons (Fsp3) is 0.400. The smallest absolute Gasteiger partial charge is 0.287 e. The van der Waals surface area contributed by atoms with Crippen molar-refractivity contribution in [2.45, 2.75) is 38.3 Å². The Balaban J connectivity index is 1.61. The second kappa shape index (κ2) is 6.61. The van der Waals surface area contributed by atoms with Crippen LogP contribution in [-0.4, -0.2) is 23.7 Å². The quantitative estimate of drug-likeness (QED) is 0.877. The number of fused-ring (bicyclic) bond motifs is 1. The summed E-state index contributed by atoms with van der Waals surface area (Å²) in [7, 11) is 0. The molecule has 1 atom stereocenters. The van der Waals surface area contributed by atoms with Gasteiger partial charge in [-0.1, -0.05) is 6.07 Å². The van der Waals surface area contributed by atoms with Crippen LogP contribution in [0.5, 0.6) is 5.75 Å². The predicted molar refractivity (Wildman–Crippen MR) is 94.3 cm³/mol. The number of hydrogen-bond acceptors (Lipinski definition) is 5. The van der Waals surface area contributed by atoms with Crippen molar-refractivity contribution in [3.63, 3.8) is 0 Å². The third kappa shape index (κ3) is 3.24. The van der Waals surface area contributed by atoms with Crippen LogP contribution in [0.4, 0.5) is 0 Å². The van der Waals surface area contributed by atoms with Crippen LogP contribution in [0, 0.1) is 12.8 Å². The lowest BCUT2D eigenvalue weighted by molar-refractivity contribution is 0.0232. The van der Waals surface area contributed by atoms with Crippen molar-refractivity contribution in [1.82, 2.24) is 5.32 Å². The first-order valence-electron chi connectivity index (χ1n) is 8.86. The summed E-state index contributed by atoms with van der Waals surface area (Å²) in [6.07, 6.45) is 1.80.